The third kappa shape index (κ3) is 3.62. The molecule has 2 heterocycles. The normalized spacial score (nSPS) is 16.8. The number of furan rings is 1. The number of rotatable bonds is 4. The predicted octanol–water partition coefficient (Wildman–Crippen LogP) is 2.47. The van der Waals surface area contributed by atoms with Gasteiger partial charge in [-0.3, -0.25) is 9.10 Å². The Balaban J connectivity index is 1.65. The van der Waals surface area contributed by atoms with Crippen molar-refractivity contribution in [1.29, 1.82) is 0 Å². The summed E-state index contributed by atoms with van der Waals surface area (Å²) in [6, 6.07) is 10.2. The van der Waals surface area contributed by atoms with E-state index in [1.807, 2.05) is 0 Å². The summed E-state index contributed by atoms with van der Waals surface area (Å²) in [5.41, 5.74) is 1.21. The number of nitrogens with one attached hydrogen (secondary N) is 1. The molecule has 1 N–H and O–H groups in total. The Kier molecular flexibility index (Phi) is 4.20. The molecule has 1 aliphatic rings. The molecule has 0 unspecified atom stereocenters. The average Bonchev–Trinajstić information content (AvgIpc) is 3.15. The number of hydrogen-bond donors (Lipinski definition) is 1. The van der Waals surface area contributed by atoms with Crippen LogP contribution in [0, 0.1) is 0 Å². The van der Waals surface area contributed by atoms with E-state index < -0.39 is 10.0 Å². The second-order valence-corrected chi connectivity index (χ2v) is 7.14. The van der Waals surface area contributed by atoms with Gasteiger partial charge in [0.15, 0.2) is 0 Å². The summed E-state index contributed by atoms with van der Waals surface area (Å²) < 4.78 is 30.2. The van der Waals surface area contributed by atoms with Crippen LogP contribution in [-0.2, 0) is 14.8 Å². The van der Waals surface area contributed by atoms with Crippen molar-refractivity contribution in [2.75, 3.05) is 21.9 Å². The van der Waals surface area contributed by atoms with E-state index in [0.29, 0.717) is 30.1 Å². The monoisotopic (exact) mass is 332 g/mol. The molecule has 6 nitrogen and oxygen atoms in total. The molecule has 0 radical (unpaired) electrons. The number of nitrogens with zero attached hydrogens (tertiary/aromatic N) is 1. The van der Waals surface area contributed by atoms with Gasteiger partial charge in [-0.15, -0.1) is 0 Å². The minimum atomic E-state index is -3.19. The standard InChI is InChI=1S/C16H16N2O4S/c19-16(9-8-15-3-1-11-22-15)17-13-4-6-14(7-5-13)18-10-2-12-23(18,20)21/h1,3-9,11H,2,10,12H2,(H,17,19)/b9-8+. The van der Waals surface area contributed by atoms with Gasteiger partial charge in [-0.2, -0.15) is 0 Å². The number of anilines is 2. The van der Waals surface area contributed by atoms with Gasteiger partial charge in [0.25, 0.3) is 0 Å². The molecule has 1 aromatic carbocycles. The van der Waals surface area contributed by atoms with Gasteiger partial charge in [0.05, 0.1) is 17.7 Å². The van der Waals surface area contributed by atoms with E-state index in [-0.39, 0.29) is 11.7 Å². The molecule has 0 saturated carbocycles. The van der Waals surface area contributed by atoms with Crippen molar-refractivity contribution < 1.29 is 17.6 Å². The summed E-state index contributed by atoms with van der Waals surface area (Å²) in [7, 11) is -3.19. The van der Waals surface area contributed by atoms with E-state index in [4.69, 9.17) is 4.42 Å². The Morgan fingerprint density at radius 3 is 2.61 bits per heavy atom. The van der Waals surface area contributed by atoms with Crippen molar-refractivity contribution in [3.8, 4) is 0 Å². The second kappa shape index (κ2) is 6.29. The Labute approximate surface area is 134 Å². The second-order valence-electron chi connectivity index (χ2n) is 5.13. The fraction of sp³-hybridized carbons (Fsp3) is 0.188. The number of amides is 1. The van der Waals surface area contributed by atoms with Crippen LogP contribution < -0.4 is 9.62 Å². The van der Waals surface area contributed by atoms with Crippen LogP contribution in [0.1, 0.15) is 12.2 Å². The van der Waals surface area contributed by atoms with Gasteiger partial charge < -0.3 is 9.73 Å². The lowest BCUT2D eigenvalue weighted by molar-refractivity contribution is -0.111. The lowest BCUT2D eigenvalue weighted by atomic mass is 10.2. The highest BCUT2D eigenvalue weighted by Gasteiger charge is 2.28. The van der Waals surface area contributed by atoms with Gasteiger partial charge in [-0.1, -0.05) is 0 Å². The van der Waals surface area contributed by atoms with Crippen LogP contribution in [0.5, 0.6) is 0 Å². The van der Waals surface area contributed by atoms with Gasteiger partial charge in [0.1, 0.15) is 5.76 Å². The highest BCUT2D eigenvalue weighted by Crippen LogP contribution is 2.25. The number of sulfonamides is 1. The van der Waals surface area contributed by atoms with E-state index in [2.05, 4.69) is 5.32 Å². The lowest BCUT2D eigenvalue weighted by Gasteiger charge is -2.17. The Hall–Kier alpha value is -2.54. The van der Waals surface area contributed by atoms with Crippen LogP contribution in [0.2, 0.25) is 0 Å². The van der Waals surface area contributed by atoms with Crippen molar-refractivity contribution in [3.63, 3.8) is 0 Å². The molecule has 7 heteroatoms. The minimum Gasteiger partial charge on any atom is -0.465 e. The first-order valence-electron chi connectivity index (χ1n) is 7.18. The van der Waals surface area contributed by atoms with E-state index in [1.165, 1.54) is 16.6 Å². The maximum Gasteiger partial charge on any atom is 0.248 e. The summed E-state index contributed by atoms with van der Waals surface area (Å²) in [6.45, 7) is 0.500. The van der Waals surface area contributed by atoms with Crippen molar-refractivity contribution in [1.82, 2.24) is 0 Å². The smallest absolute Gasteiger partial charge is 0.248 e. The van der Waals surface area contributed by atoms with Crippen LogP contribution in [0.15, 0.2) is 53.2 Å². The van der Waals surface area contributed by atoms with Gasteiger partial charge in [-0.05, 0) is 48.9 Å². The molecule has 1 saturated heterocycles. The molecule has 1 amide bonds. The molecule has 0 atom stereocenters. The maximum atomic E-state index is 11.9. The Bertz CT molecular complexity index is 808. The Morgan fingerprint density at radius 2 is 2.00 bits per heavy atom. The zero-order chi connectivity index (χ0) is 16.3. The average molecular weight is 332 g/mol. The topological polar surface area (TPSA) is 79.6 Å². The van der Waals surface area contributed by atoms with E-state index in [1.54, 1.807) is 42.5 Å². The maximum absolute atomic E-state index is 11.9. The highest BCUT2D eigenvalue weighted by atomic mass is 32.2. The molecular formula is C16H16N2O4S. The van der Waals surface area contributed by atoms with Crippen molar-refractivity contribution in [2.45, 2.75) is 6.42 Å². The van der Waals surface area contributed by atoms with Crippen LogP contribution in [0.3, 0.4) is 0 Å². The first-order chi connectivity index (χ1) is 11.0. The lowest BCUT2D eigenvalue weighted by Crippen LogP contribution is -2.24. The van der Waals surface area contributed by atoms with Crippen molar-refractivity contribution >= 4 is 33.4 Å². The van der Waals surface area contributed by atoms with Crippen molar-refractivity contribution in [2.24, 2.45) is 0 Å². The third-order valence-corrected chi connectivity index (χ3v) is 5.33. The highest BCUT2D eigenvalue weighted by molar-refractivity contribution is 7.93. The van der Waals surface area contributed by atoms with Crippen LogP contribution >= 0.6 is 0 Å². The molecule has 2 aromatic rings. The number of carbonyl (C=O) groups excluding carboxylic acids is 1. The van der Waals surface area contributed by atoms with Gasteiger partial charge in [0.2, 0.25) is 15.9 Å². The number of carbonyl (C=O) groups is 1. The largest absolute Gasteiger partial charge is 0.465 e. The zero-order valence-electron chi connectivity index (χ0n) is 12.3. The molecule has 0 bridgehead atoms. The molecule has 3 rings (SSSR count). The molecule has 1 aromatic heterocycles. The number of hydrogen-bond acceptors (Lipinski definition) is 4. The summed E-state index contributed by atoms with van der Waals surface area (Å²) in [5.74, 6) is 0.487. The van der Waals surface area contributed by atoms with Crippen LogP contribution in [-0.4, -0.2) is 26.6 Å². The van der Waals surface area contributed by atoms with Crippen LogP contribution in [0.4, 0.5) is 11.4 Å². The van der Waals surface area contributed by atoms with Crippen LogP contribution in [0.25, 0.3) is 6.08 Å². The molecule has 1 aliphatic heterocycles. The molecule has 1 fully saturated rings. The quantitative estimate of drug-likeness (QED) is 0.872. The molecule has 0 aliphatic carbocycles. The first kappa shape index (κ1) is 15.4. The predicted molar refractivity (Wildman–Crippen MR) is 88.6 cm³/mol. The molecule has 23 heavy (non-hydrogen) atoms. The molecule has 0 spiro atoms. The van der Waals surface area contributed by atoms with E-state index >= 15 is 0 Å². The van der Waals surface area contributed by atoms with E-state index in [9.17, 15) is 13.2 Å². The SMILES string of the molecule is O=C(/C=C/c1ccco1)Nc1ccc(N2CCCS2(=O)=O)cc1. The summed E-state index contributed by atoms with van der Waals surface area (Å²) in [6.07, 6.45) is 5.11. The Morgan fingerprint density at radius 1 is 1.22 bits per heavy atom. The molecular weight excluding hydrogens is 316 g/mol. The molecule has 120 valence electrons. The fourth-order valence-electron chi connectivity index (χ4n) is 2.37. The fourth-order valence-corrected chi connectivity index (χ4v) is 3.93. The number of benzene rings is 1. The summed E-state index contributed by atoms with van der Waals surface area (Å²) >= 11 is 0. The first-order valence-corrected chi connectivity index (χ1v) is 8.78. The summed E-state index contributed by atoms with van der Waals surface area (Å²) in [5, 5.41) is 2.71. The third-order valence-electron chi connectivity index (χ3n) is 3.46. The minimum absolute atomic E-state index is 0.184. The van der Waals surface area contributed by atoms with Gasteiger partial charge >= 0.3 is 0 Å². The zero-order valence-corrected chi connectivity index (χ0v) is 13.1. The van der Waals surface area contributed by atoms with Gasteiger partial charge in [0, 0.05) is 18.3 Å². The van der Waals surface area contributed by atoms with E-state index in [0.717, 1.165) is 0 Å². The van der Waals surface area contributed by atoms with Crippen molar-refractivity contribution in [3.05, 3.63) is 54.5 Å². The van der Waals surface area contributed by atoms with Gasteiger partial charge in [-0.25, -0.2) is 8.42 Å². The summed E-state index contributed by atoms with van der Waals surface area (Å²) in [4.78, 5) is 11.8.